The molecule has 0 unspecified atom stereocenters. The van der Waals surface area contributed by atoms with Crippen molar-refractivity contribution in [2.75, 3.05) is 0 Å². The Labute approximate surface area is 195 Å². The summed E-state index contributed by atoms with van der Waals surface area (Å²) < 4.78 is 102. The standard InChI is InChI=1S/2Eu.3H2O4S.3H2O/c;;3*1-5(2,3)4;;;/h;;3*(H2,1,2,3,4);3*1H2/q2*+3;;;;;;/p-6. The van der Waals surface area contributed by atoms with Crippen molar-refractivity contribution in [2.45, 2.75) is 0 Å². The van der Waals surface area contributed by atoms with E-state index in [0.29, 0.717) is 0 Å². The minimum absolute atomic E-state index is 0. The van der Waals surface area contributed by atoms with Crippen LogP contribution < -0.4 is 0 Å². The summed E-state index contributed by atoms with van der Waals surface area (Å²) in [5.41, 5.74) is 0. The Morgan fingerprint density at radius 2 is 0.400 bits per heavy atom. The van der Waals surface area contributed by atoms with Gasteiger partial charge in [-0.1, -0.05) is 0 Å². The molecule has 0 heterocycles. The van der Waals surface area contributed by atoms with Crippen LogP contribution in [0.15, 0.2) is 0 Å². The van der Waals surface area contributed by atoms with E-state index in [-0.39, 0.29) is 115 Å². The molecule has 0 fully saturated rings. The van der Waals surface area contributed by atoms with Crippen LogP contribution in [0.2, 0.25) is 0 Å². The van der Waals surface area contributed by atoms with Gasteiger partial charge in [-0.2, -0.15) is 0 Å². The van der Waals surface area contributed by atoms with Crippen LogP contribution in [-0.4, -0.2) is 69.0 Å². The fourth-order valence-corrected chi connectivity index (χ4v) is 0. The molecular formula is H6Eu2O15S3. The van der Waals surface area contributed by atoms with Crippen LogP contribution in [0.5, 0.6) is 0 Å². The van der Waals surface area contributed by atoms with Crippen LogP contribution >= 0.6 is 0 Å². The summed E-state index contributed by atoms with van der Waals surface area (Å²) in [4.78, 5) is 0. The summed E-state index contributed by atoms with van der Waals surface area (Å²) in [5, 5.41) is 0. The molecule has 20 heteroatoms. The Kier molecular flexibility index (Phi) is 53.6. The predicted molar refractivity (Wildman–Crippen MR) is 42.3 cm³/mol. The van der Waals surface area contributed by atoms with Gasteiger partial charge in [-0.25, -0.2) is 0 Å². The van der Waals surface area contributed by atoms with E-state index < -0.39 is 31.2 Å². The normalized spacial score (nSPS) is 8.70. The van der Waals surface area contributed by atoms with Crippen LogP contribution in [0, 0.1) is 98.8 Å². The Balaban J connectivity index is -0.0000000160. The number of rotatable bonds is 0. The molecule has 6 N–H and O–H groups in total. The van der Waals surface area contributed by atoms with E-state index >= 15 is 0 Å². The molecular weight excluding hydrogens is 640 g/mol. The smallest absolute Gasteiger partial charge is 0.759 e. The van der Waals surface area contributed by atoms with Gasteiger partial charge >= 0.3 is 98.8 Å². The van der Waals surface area contributed by atoms with E-state index in [1.165, 1.54) is 0 Å². The van der Waals surface area contributed by atoms with E-state index in [1.807, 2.05) is 0 Å². The molecule has 128 valence electrons. The zero-order valence-electron chi connectivity index (χ0n) is 8.38. The van der Waals surface area contributed by atoms with E-state index in [1.54, 1.807) is 0 Å². The third-order valence-electron chi connectivity index (χ3n) is 0. The van der Waals surface area contributed by atoms with Crippen molar-refractivity contribution in [1.82, 2.24) is 0 Å². The molecule has 0 spiro atoms. The monoisotopic (exact) mass is 648 g/mol. The van der Waals surface area contributed by atoms with E-state index in [4.69, 9.17) is 52.6 Å². The molecule has 0 saturated heterocycles. The Morgan fingerprint density at radius 1 is 0.400 bits per heavy atom. The summed E-state index contributed by atoms with van der Waals surface area (Å²) in [6, 6.07) is 0. The Hall–Kier alpha value is 2.66. The van der Waals surface area contributed by atoms with Crippen molar-refractivity contribution in [1.29, 1.82) is 0 Å². The fourth-order valence-electron chi connectivity index (χ4n) is 0. The molecule has 0 aromatic carbocycles. The minimum Gasteiger partial charge on any atom is -0.759 e. The third-order valence-corrected chi connectivity index (χ3v) is 0. The molecule has 0 atom stereocenters. The van der Waals surface area contributed by atoms with Gasteiger partial charge in [0.15, 0.2) is 0 Å². The summed E-state index contributed by atoms with van der Waals surface area (Å²) in [7, 11) is -15.5. The average Bonchev–Trinajstić information content (AvgIpc) is 1.41. The van der Waals surface area contributed by atoms with Gasteiger partial charge in [-0.15, -0.1) is 0 Å². The molecule has 0 bridgehead atoms. The van der Waals surface area contributed by atoms with Crippen molar-refractivity contribution in [3.05, 3.63) is 0 Å². The quantitative estimate of drug-likeness (QED) is 0.175. The van der Waals surface area contributed by atoms with Gasteiger partial charge in [0, 0.05) is 31.2 Å². The number of hydrogen-bond acceptors (Lipinski definition) is 12. The van der Waals surface area contributed by atoms with Crippen molar-refractivity contribution < 1.29 is 168 Å². The summed E-state index contributed by atoms with van der Waals surface area (Å²) in [6.07, 6.45) is 0. The second-order valence-corrected chi connectivity index (χ2v) is 3.67. The largest absolute Gasteiger partial charge is 3.00 e. The van der Waals surface area contributed by atoms with Crippen molar-refractivity contribution in [2.24, 2.45) is 0 Å². The van der Waals surface area contributed by atoms with Gasteiger partial charge in [-0.05, 0) is 0 Å². The van der Waals surface area contributed by atoms with Gasteiger partial charge in [0.05, 0.1) is 0 Å². The molecule has 0 aliphatic carbocycles. The van der Waals surface area contributed by atoms with Crippen LogP contribution in [0.3, 0.4) is 0 Å². The molecule has 0 amide bonds. The molecule has 0 aliphatic rings. The second kappa shape index (κ2) is 21.7. The summed E-state index contributed by atoms with van der Waals surface area (Å²) in [6.45, 7) is 0. The first-order valence-electron chi connectivity index (χ1n) is 2.00. The maximum atomic E-state index is 8.52. The maximum Gasteiger partial charge on any atom is 3.00 e. The maximum absolute atomic E-state index is 8.52. The van der Waals surface area contributed by atoms with Crippen LogP contribution in [0.1, 0.15) is 0 Å². The van der Waals surface area contributed by atoms with Gasteiger partial charge in [0.25, 0.3) is 0 Å². The number of hydrogen-bond donors (Lipinski definition) is 0. The van der Waals surface area contributed by atoms with Gasteiger partial charge in [0.2, 0.25) is 0 Å². The zero-order valence-corrected chi connectivity index (χ0v) is 15.7. The molecule has 0 aliphatic heterocycles. The molecule has 0 aromatic rings. The van der Waals surface area contributed by atoms with E-state index in [2.05, 4.69) is 0 Å². The molecule has 0 saturated carbocycles. The molecule has 0 aromatic heterocycles. The average molecular weight is 646 g/mol. The van der Waals surface area contributed by atoms with Crippen LogP contribution in [0.4, 0.5) is 0 Å². The first-order valence-corrected chi connectivity index (χ1v) is 6.00. The molecule has 20 heavy (non-hydrogen) atoms. The third kappa shape index (κ3) is 1130. The summed E-state index contributed by atoms with van der Waals surface area (Å²) >= 11 is 0. The van der Waals surface area contributed by atoms with Crippen LogP contribution in [0.25, 0.3) is 0 Å². The minimum atomic E-state index is -5.17. The second-order valence-electron chi connectivity index (χ2n) is 1.22. The first-order chi connectivity index (χ1) is 6.00. The molecule has 15 nitrogen and oxygen atoms in total. The molecule has 0 radical (unpaired) electrons. The van der Waals surface area contributed by atoms with Gasteiger partial charge < -0.3 is 43.7 Å². The first kappa shape index (κ1) is 49.5. The van der Waals surface area contributed by atoms with E-state index in [9.17, 15) is 0 Å². The van der Waals surface area contributed by atoms with Crippen molar-refractivity contribution in [3.8, 4) is 0 Å². The van der Waals surface area contributed by atoms with Gasteiger partial charge in [-0.3, -0.25) is 25.3 Å². The predicted octanol–water partition coefficient (Wildman–Crippen LogP) is -6.49. The van der Waals surface area contributed by atoms with Crippen molar-refractivity contribution in [3.63, 3.8) is 0 Å². The Morgan fingerprint density at radius 3 is 0.400 bits per heavy atom. The topological polar surface area (TPSA) is 335 Å². The summed E-state index contributed by atoms with van der Waals surface area (Å²) in [5.74, 6) is 0. The van der Waals surface area contributed by atoms with Crippen LogP contribution in [-0.2, 0) is 31.2 Å². The molecule has 0 rings (SSSR count). The SMILES string of the molecule is O.O.O.O=S(=O)([O-])[O-].O=S(=O)([O-])[O-].O=S(=O)([O-])[O-].[Eu+3].[Eu+3]. The fraction of sp³-hybridized carbons (Fsp3) is 0. The Bertz CT molecular complexity index is 342. The van der Waals surface area contributed by atoms with Gasteiger partial charge in [0.1, 0.15) is 0 Å². The zero-order chi connectivity index (χ0) is 13.5. The van der Waals surface area contributed by atoms with Crippen molar-refractivity contribution >= 4 is 31.2 Å². The van der Waals surface area contributed by atoms with E-state index in [0.717, 1.165) is 0 Å².